The molecule has 0 saturated heterocycles. The van der Waals surface area contributed by atoms with Crippen LogP contribution in [0, 0.1) is 5.82 Å². The molecule has 0 bridgehead atoms. The van der Waals surface area contributed by atoms with Crippen LogP contribution in [0.5, 0.6) is 0 Å². The number of aliphatic hydroxyl groups excluding tert-OH is 1. The fourth-order valence-corrected chi connectivity index (χ4v) is 2.31. The standard InChI is InChI=1S/C13H13FN2O/c14-10-3-1-9(2-4-10)12-7-16-11(8-17)5-6-13(16)15-12/h1-4,7,11,17H,5-6,8H2. The van der Waals surface area contributed by atoms with Gasteiger partial charge in [0, 0.05) is 18.2 Å². The quantitative estimate of drug-likeness (QED) is 0.861. The minimum absolute atomic E-state index is 0.145. The van der Waals surface area contributed by atoms with E-state index in [0.29, 0.717) is 0 Å². The van der Waals surface area contributed by atoms with Gasteiger partial charge in [-0.05, 0) is 30.7 Å². The zero-order valence-corrected chi connectivity index (χ0v) is 9.31. The second-order valence-corrected chi connectivity index (χ2v) is 4.33. The van der Waals surface area contributed by atoms with Crippen molar-refractivity contribution >= 4 is 0 Å². The summed E-state index contributed by atoms with van der Waals surface area (Å²) >= 11 is 0. The molecule has 88 valence electrons. The Morgan fingerprint density at radius 3 is 2.82 bits per heavy atom. The first-order chi connectivity index (χ1) is 8.28. The third kappa shape index (κ3) is 1.74. The molecule has 2 aromatic rings. The van der Waals surface area contributed by atoms with Crippen LogP contribution in [-0.4, -0.2) is 21.3 Å². The van der Waals surface area contributed by atoms with Crippen molar-refractivity contribution in [2.24, 2.45) is 0 Å². The Kier molecular flexibility index (Phi) is 2.44. The topological polar surface area (TPSA) is 38.1 Å². The van der Waals surface area contributed by atoms with Gasteiger partial charge < -0.3 is 9.67 Å². The van der Waals surface area contributed by atoms with Gasteiger partial charge in [-0.2, -0.15) is 0 Å². The number of nitrogens with zero attached hydrogens (tertiary/aromatic N) is 2. The van der Waals surface area contributed by atoms with Gasteiger partial charge in [-0.25, -0.2) is 9.37 Å². The average molecular weight is 232 g/mol. The highest BCUT2D eigenvalue weighted by Gasteiger charge is 2.23. The van der Waals surface area contributed by atoms with E-state index in [2.05, 4.69) is 4.98 Å². The molecule has 3 nitrogen and oxygen atoms in total. The molecule has 0 spiro atoms. The molecular weight excluding hydrogens is 219 g/mol. The Balaban J connectivity index is 1.98. The van der Waals surface area contributed by atoms with Crippen LogP contribution in [0.15, 0.2) is 30.5 Å². The fraction of sp³-hybridized carbons (Fsp3) is 0.308. The van der Waals surface area contributed by atoms with Gasteiger partial charge in [-0.15, -0.1) is 0 Å². The van der Waals surface area contributed by atoms with Crippen molar-refractivity contribution in [3.63, 3.8) is 0 Å². The highest BCUT2D eigenvalue weighted by molar-refractivity contribution is 5.58. The first-order valence-electron chi connectivity index (χ1n) is 5.72. The monoisotopic (exact) mass is 232 g/mol. The minimum atomic E-state index is -0.242. The maximum absolute atomic E-state index is 12.8. The van der Waals surface area contributed by atoms with E-state index in [1.165, 1.54) is 12.1 Å². The van der Waals surface area contributed by atoms with Gasteiger partial charge >= 0.3 is 0 Å². The summed E-state index contributed by atoms with van der Waals surface area (Å²) in [6, 6.07) is 6.46. The molecule has 0 radical (unpaired) electrons. The van der Waals surface area contributed by atoms with Crippen LogP contribution in [-0.2, 0) is 6.42 Å². The first-order valence-corrected chi connectivity index (χ1v) is 5.72. The highest BCUT2D eigenvalue weighted by Crippen LogP contribution is 2.29. The maximum atomic E-state index is 12.8. The van der Waals surface area contributed by atoms with Gasteiger partial charge in [0.15, 0.2) is 0 Å². The highest BCUT2D eigenvalue weighted by atomic mass is 19.1. The van der Waals surface area contributed by atoms with Crippen molar-refractivity contribution in [1.29, 1.82) is 0 Å². The van der Waals surface area contributed by atoms with E-state index in [1.54, 1.807) is 12.1 Å². The van der Waals surface area contributed by atoms with Crippen molar-refractivity contribution in [2.45, 2.75) is 18.9 Å². The second kappa shape index (κ2) is 3.96. The minimum Gasteiger partial charge on any atom is -0.394 e. The van der Waals surface area contributed by atoms with E-state index in [-0.39, 0.29) is 18.5 Å². The molecule has 0 saturated carbocycles. The van der Waals surface area contributed by atoms with Crippen LogP contribution in [0.2, 0.25) is 0 Å². The Hall–Kier alpha value is -1.68. The van der Waals surface area contributed by atoms with E-state index in [9.17, 15) is 9.50 Å². The van der Waals surface area contributed by atoms with Crippen LogP contribution in [0.3, 0.4) is 0 Å². The molecular formula is C13H13FN2O. The van der Waals surface area contributed by atoms with Gasteiger partial charge in [0.05, 0.1) is 18.3 Å². The lowest BCUT2D eigenvalue weighted by atomic mass is 10.1. The molecule has 3 rings (SSSR count). The van der Waals surface area contributed by atoms with E-state index in [4.69, 9.17) is 0 Å². The normalized spacial score (nSPS) is 18.4. The smallest absolute Gasteiger partial charge is 0.123 e. The van der Waals surface area contributed by atoms with E-state index in [1.807, 2.05) is 10.8 Å². The van der Waals surface area contributed by atoms with E-state index >= 15 is 0 Å². The molecule has 1 aromatic heterocycles. The van der Waals surface area contributed by atoms with Crippen LogP contribution >= 0.6 is 0 Å². The Morgan fingerprint density at radius 1 is 1.35 bits per heavy atom. The second-order valence-electron chi connectivity index (χ2n) is 4.33. The summed E-state index contributed by atoms with van der Waals surface area (Å²) < 4.78 is 14.8. The number of fused-ring (bicyclic) bond motifs is 1. The molecule has 0 fully saturated rings. The third-order valence-corrected chi connectivity index (χ3v) is 3.25. The van der Waals surface area contributed by atoms with Gasteiger partial charge in [-0.3, -0.25) is 0 Å². The van der Waals surface area contributed by atoms with Crippen molar-refractivity contribution in [2.75, 3.05) is 6.61 Å². The Morgan fingerprint density at radius 2 is 2.12 bits per heavy atom. The number of benzene rings is 1. The summed E-state index contributed by atoms with van der Waals surface area (Å²) in [5.41, 5.74) is 1.75. The number of imidazole rings is 1. The molecule has 4 heteroatoms. The van der Waals surface area contributed by atoms with Crippen LogP contribution < -0.4 is 0 Å². The number of hydrogen-bond donors (Lipinski definition) is 1. The molecule has 1 unspecified atom stereocenters. The maximum Gasteiger partial charge on any atom is 0.123 e. The van der Waals surface area contributed by atoms with E-state index < -0.39 is 0 Å². The van der Waals surface area contributed by atoms with Crippen molar-refractivity contribution in [3.05, 3.63) is 42.1 Å². The Labute approximate surface area is 98.5 Å². The summed E-state index contributed by atoms with van der Waals surface area (Å²) in [7, 11) is 0. The molecule has 1 aromatic carbocycles. The third-order valence-electron chi connectivity index (χ3n) is 3.25. The summed E-state index contributed by atoms with van der Waals surface area (Å²) in [5, 5.41) is 9.23. The van der Waals surface area contributed by atoms with E-state index in [0.717, 1.165) is 29.9 Å². The lowest BCUT2D eigenvalue weighted by Crippen LogP contribution is -2.06. The van der Waals surface area contributed by atoms with Gasteiger partial charge in [-0.1, -0.05) is 0 Å². The predicted octanol–water partition coefficient (Wildman–Crippen LogP) is 2.17. The SMILES string of the molecule is OCC1CCc2nc(-c3ccc(F)cc3)cn21. The lowest BCUT2D eigenvalue weighted by molar-refractivity contribution is 0.233. The molecule has 0 amide bonds. The van der Waals surface area contributed by atoms with Crippen LogP contribution in [0.25, 0.3) is 11.3 Å². The number of aliphatic hydroxyl groups is 1. The molecule has 0 aliphatic carbocycles. The lowest BCUT2D eigenvalue weighted by Gasteiger charge is -2.07. The summed E-state index contributed by atoms with van der Waals surface area (Å²) in [5.74, 6) is 0.761. The fourth-order valence-electron chi connectivity index (χ4n) is 2.31. The number of aromatic nitrogens is 2. The predicted molar refractivity (Wildman–Crippen MR) is 62.1 cm³/mol. The van der Waals surface area contributed by atoms with Gasteiger partial charge in [0.1, 0.15) is 11.6 Å². The van der Waals surface area contributed by atoms with Crippen molar-refractivity contribution in [1.82, 2.24) is 9.55 Å². The Bertz CT molecular complexity index is 533. The molecule has 1 aliphatic rings. The molecule has 2 heterocycles. The first kappa shape index (κ1) is 10.5. The molecule has 1 atom stereocenters. The summed E-state index contributed by atoms with van der Waals surface area (Å²) in [4.78, 5) is 4.52. The molecule has 1 aliphatic heterocycles. The number of hydrogen-bond acceptors (Lipinski definition) is 2. The summed E-state index contributed by atoms with van der Waals surface area (Å²) in [6.45, 7) is 0.145. The van der Waals surface area contributed by atoms with Crippen LogP contribution in [0.4, 0.5) is 4.39 Å². The average Bonchev–Trinajstić information content (AvgIpc) is 2.89. The largest absolute Gasteiger partial charge is 0.394 e. The number of aryl methyl sites for hydroxylation is 1. The number of halogens is 1. The molecule has 17 heavy (non-hydrogen) atoms. The zero-order valence-electron chi connectivity index (χ0n) is 9.31. The van der Waals surface area contributed by atoms with Crippen molar-refractivity contribution in [3.8, 4) is 11.3 Å². The zero-order chi connectivity index (χ0) is 11.8. The van der Waals surface area contributed by atoms with Gasteiger partial charge in [0.2, 0.25) is 0 Å². The van der Waals surface area contributed by atoms with Crippen LogP contribution in [0.1, 0.15) is 18.3 Å². The number of rotatable bonds is 2. The molecule has 1 N–H and O–H groups in total. The van der Waals surface area contributed by atoms with Gasteiger partial charge in [0.25, 0.3) is 0 Å². The summed E-state index contributed by atoms with van der Waals surface area (Å²) in [6.07, 6.45) is 3.78. The van der Waals surface area contributed by atoms with Crippen molar-refractivity contribution < 1.29 is 9.50 Å².